The third-order valence-electron chi connectivity index (χ3n) is 7.07. The smallest absolute Gasteiger partial charge is 0.415 e. The number of carbonyl (C=O) groups excluding carboxylic acids is 3. The lowest BCUT2D eigenvalue weighted by Crippen LogP contribution is -2.52. The largest absolute Gasteiger partial charge is 0.458 e. The van der Waals surface area contributed by atoms with Crippen molar-refractivity contribution in [2.75, 3.05) is 19.6 Å². The van der Waals surface area contributed by atoms with Crippen molar-refractivity contribution in [2.45, 2.75) is 82.4 Å². The Morgan fingerprint density at radius 3 is 2.20 bits per heavy atom. The Balaban J connectivity index is 1.48. The van der Waals surface area contributed by atoms with Gasteiger partial charge in [0.05, 0.1) is 4.90 Å². The van der Waals surface area contributed by atoms with Gasteiger partial charge in [0.15, 0.2) is 0 Å². The van der Waals surface area contributed by atoms with Gasteiger partial charge in [0.2, 0.25) is 15.9 Å². The van der Waals surface area contributed by atoms with Crippen molar-refractivity contribution in [1.82, 2.24) is 14.5 Å². The molecule has 0 unspecified atom stereocenters. The van der Waals surface area contributed by atoms with E-state index in [1.54, 1.807) is 62.1 Å². The molecule has 0 spiro atoms. The predicted molar refractivity (Wildman–Crippen MR) is 153 cm³/mol. The Labute approximate surface area is 242 Å². The number of hydrogen-bond acceptors (Lipinski definition) is 7. The Bertz CT molecular complexity index is 1350. The molecule has 2 atom stereocenters. The lowest BCUT2D eigenvalue weighted by molar-refractivity contribution is -0.158. The molecule has 1 N–H and O–H groups in total. The second-order valence-electron chi connectivity index (χ2n) is 11.6. The van der Waals surface area contributed by atoms with E-state index in [9.17, 15) is 22.8 Å². The standard InChI is InChI=1S/C30H39N3O7S/c1-21-9-15-24(16-10-21)41(37,38)33-19-7-8-26(33)27(34)31-25(28(35)40-30(2,3)4)20-22-11-13-23(14-12-22)39-29(36)32-17-5-6-18-32/h9-16,25-26H,5-8,17-20H2,1-4H3,(H,31,34)/t25-,26-/m0/s1. The van der Waals surface area contributed by atoms with Crippen LogP contribution in [-0.4, -0.2) is 72.9 Å². The summed E-state index contributed by atoms with van der Waals surface area (Å²) in [5, 5.41) is 2.76. The maximum absolute atomic E-state index is 13.5. The van der Waals surface area contributed by atoms with Crippen LogP contribution in [-0.2, 0) is 30.8 Å². The third-order valence-corrected chi connectivity index (χ3v) is 9.00. The maximum atomic E-state index is 13.5. The molecule has 11 heteroatoms. The van der Waals surface area contributed by atoms with E-state index in [4.69, 9.17) is 9.47 Å². The average molecular weight is 586 g/mol. The van der Waals surface area contributed by atoms with Crippen LogP contribution in [0.25, 0.3) is 0 Å². The van der Waals surface area contributed by atoms with Crippen molar-refractivity contribution in [3.05, 3.63) is 59.7 Å². The Kier molecular flexibility index (Phi) is 9.38. The lowest BCUT2D eigenvalue weighted by Gasteiger charge is -2.28. The van der Waals surface area contributed by atoms with Gasteiger partial charge < -0.3 is 19.7 Å². The van der Waals surface area contributed by atoms with Crippen LogP contribution in [0.5, 0.6) is 5.75 Å². The third kappa shape index (κ3) is 7.85. The van der Waals surface area contributed by atoms with Crippen LogP contribution >= 0.6 is 0 Å². The van der Waals surface area contributed by atoms with Gasteiger partial charge in [0.25, 0.3) is 0 Å². The molecule has 4 rings (SSSR count). The van der Waals surface area contributed by atoms with Gasteiger partial charge in [-0.05, 0) is 83.2 Å². The zero-order valence-electron chi connectivity index (χ0n) is 24.1. The molecule has 2 aliphatic rings. The van der Waals surface area contributed by atoms with Crippen molar-refractivity contribution in [2.24, 2.45) is 0 Å². The number of esters is 1. The molecular formula is C30H39N3O7S. The molecule has 41 heavy (non-hydrogen) atoms. The molecule has 10 nitrogen and oxygen atoms in total. The number of hydrogen-bond donors (Lipinski definition) is 1. The first-order chi connectivity index (χ1) is 19.3. The van der Waals surface area contributed by atoms with Gasteiger partial charge in [-0.2, -0.15) is 4.31 Å². The molecule has 2 aromatic rings. The second-order valence-corrected chi connectivity index (χ2v) is 13.5. The highest BCUT2D eigenvalue weighted by atomic mass is 32.2. The highest BCUT2D eigenvalue weighted by Crippen LogP contribution is 2.27. The topological polar surface area (TPSA) is 122 Å². The van der Waals surface area contributed by atoms with E-state index in [0.29, 0.717) is 37.2 Å². The molecule has 0 saturated carbocycles. The number of likely N-dealkylation sites (tertiary alicyclic amines) is 1. The zero-order chi connectivity index (χ0) is 29.8. The molecule has 222 valence electrons. The van der Waals surface area contributed by atoms with Crippen molar-refractivity contribution in [3.63, 3.8) is 0 Å². The summed E-state index contributed by atoms with van der Waals surface area (Å²) in [4.78, 5) is 40.7. The first-order valence-electron chi connectivity index (χ1n) is 14.0. The van der Waals surface area contributed by atoms with Crippen molar-refractivity contribution in [3.8, 4) is 5.75 Å². The van der Waals surface area contributed by atoms with Crippen LogP contribution in [0.15, 0.2) is 53.4 Å². The summed E-state index contributed by atoms with van der Waals surface area (Å²) in [6.07, 6.45) is 2.51. The van der Waals surface area contributed by atoms with E-state index in [1.165, 1.54) is 16.4 Å². The number of benzene rings is 2. The van der Waals surface area contributed by atoms with E-state index in [2.05, 4.69) is 5.32 Å². The summed E-state index contributed by atoms with van der Waals surface area (Å²) in [5.41, 5.74) is 0.845. The normalized spacial score (nSPS) is 18.6. The van der Waals surface area contributed by atoms with E-state index in [1.807, 2.05) is 6.92 Å². The monoisotopic (exact) mass is 585 g/mol. The molecule has 0 aromatic heterocycles. The first-order valence-corrected chi connectivity index (χ1v) is 15.4. The van der Waals surface area contributed by atoms with Gasteiger partial charge >= 0.3 is 12.1 Å². The van der Waals surface area contributed by atoms with E-state index >= 15 is 0 Å². The second kappa shape index (κ2) is 12.6. The zero-order valence-corrected chi connectivity index (χ0v) is 24.9. The first kappa shape index (κ1) is 30.5. The van der Waals surface area contributed by atoms with Gasteiger partial charge in [-0.1, -0.05) is 29.8 Å². The van der Waals surface area contributed by atoms with Crippen LogP contribution < -0.4 is 10.1 Å². The van der Waals surface area contributed by atoms with E-state index < -0.39 is 45.7 Å². The molecular weight excluding hydrogens is 546 g/mol. The van der Waals surface area contributed by atoms with E-state index in [0.717, 1.165) is 18.4 Å². The molecule has 0 radical (unpaired) electrons. The summed E-state index contributed by atoms with van der Waals surface area (Å²) < 4.78 is 39.0. The lowest BCUT2D eigenvalue weighted by atomic mass is 10.0. The van der Waals surface area contributed by atoms with Crippen LogP contribution in [0.1, 0.15) is 57.6 Å². The number of ether oxygens (including phenoxy) is 2. The highest BCUT2D eigenvalue weighted by Gasteiger charge is 2.41. The minimum absolute atomic E-state index is 0.110. The Morgan fingerprint density at radius 2 is 1.59 bits per heavy atom. The number of carbonyl (C=O) groups is 3. The average Bonchev–Trinajstić information content (AvgIpc) is 3.62. The van der Waals surface area contributed by atoms with Crippen molar-refractivity contribution < 1.29 is 32.3 Å². The van der Waals surface area contributed by atoms with Gasteiger partial charge in [0.1, 0.15) is 23.4 Å². The van der Waals surface area contributed by atoms with Crippen molar-refractivity contribution >= 4 is 28.0 Å². The Hall–Kier alpha value is -3.44. The van der Waals surface area contributed by atoms with Crippen LogP contribution in [0, 0.1) is 6.92 Å². The van der Waals surface area contributed by atoms with Crippen LogP contribution in [0.3, 0.4) is 0 Å². The summed E-state index contributed by atoms with van der Waals surface area (Å²) in [5.74, 6) is -0.794. The van der Waals surface area contributed by atoms with Gasteiger partial charge in [0, 0.05) is 26.1 Å². The van der Waals surface area contributed by atoms with Gasteiger partial charge in [-0.25, -0.2) is 18.0 Å². The highest BCUT2D eigenvalue weighted by molar-refractivity contribution is 7.89. The summed E-state index contributed by atoms with van der Waals surface area (Å²) in [6, 6.07) is 11.2. The molecule has 2 aliphatic heterocycles. The number of nitrogens with one attached hydrogen (secondary N) is 1. The summed E-state index contributed by atoms with van der Waals surface area (Å²) in [6.45, 7) is 8.65. The summed E-state index contributed by atoms with van der Waals surface area (Å²) in [7, 11) is -3.90. The SMILES string of the molecule is Cc1ccc(S(=O)(=O)N2CCC[C@H]2C(=O)N[C@@H](Cc2ccc(OC(=O)N3CCCC3)cc2)C(=O)OC(C)(C)C)cc1. The molecule has 2 fully saturated rings. The minimum atomic E-state index is -3.90. The predicted octanol–water partition coefficient (Wildman–Crippen LogP) is 3.81. The Morgan fingerprint density at radius 1 is 0.951 bits per heavy atom. The van der Waals surface area contributed by atoms with Gasteiger partial charge in [-0.15, -0.1) is 0 Å². The summed E-state index contributed by atoms with van der Waals surface area (Å²) >= 11 is 0. The van der Waals surface area contributed by atoms with Gasteiger partial charge in [-0.3, -0.25) is 4.79 Å². The molecule has 2 amide bonds. The fraction of sp³-hybridized carbons (Fsp3) is 0.500. The number of rotatable bonds is 8. The number of amides is 2. The fourth-order valence-electron chi connectivity index (χ4n) is 4.96. The number of sulfonamides is 1. The van der Waals surface area contributed by atoms with Crippen LogP contribution in [0.4, 0.5) is 4.79 Å². The molecule has 2 aromatic carbocycles. The molecule has 2 heterocycles. The molecule has 0 bridgehead atoms. The quantitative estimate of drug-likeness (QED) is 0.468. The number of aryl methyl sites for hydroxylation is 1. The molecule has 0 aliphatic carbocycles. The van der Waals surface area contributed by atoms with Crippen LogP contribution in [0.2, 0.25) is 0 Å². The van der Waals surface area contributed by atoms with E-state index in [-0.39, 0.29) is 17.9 Å². The molecule has 2 saturated heterocycles. The number of nitrogens with zero attached hydrogens (tertiary/aromatic N) is 2. The minimum Gasteiger partial charge on any atom is -0.458 e. The maximum Gasteiger partial charge on any atom is 0.415 e. The van der Waals surface area contributed by atoms with Crippen molar-refractivity contribution in [1.29, 1.82) is 0 Å². The fourth-order valence-corrected chi connectivity index (χ4v) is 6.62.